The van der Waals surface area contributed by atoms with Gasteiger partial charge in [-0.15, -0.1) is 0 Å². The molecule has 1 fully saturated rings. The lowest BCUT2D eigenvalue weighted by Gasteiger charge is -2.27. The van der Waals surface area contributed by atoms with Gasteiger partial charge in [0.05, 0.1) is 5.69 Å². The van der Waals surface area contributed by atoms with Gasteiger partial charge in [-0.3, -0.25) is 19.7 Å². The average molecular weight is 449 g/mol. The molecule has 4 rings (SSSR count). The number of nitrogens with one attached hydrogen (secondary N) is 1. The molecule has 0 aliphatic carbocycles. The average Bonchev–Trinajstić information content (AvgIpc) is 3.23. The Kier molecular flexibility index (Phi) is 5.50. The van der Waals surface area contributed by atoms with E-state index in [-0.39, 0.29) is 22.8 Å². The van der Waals surface area contributed by atoms with E-state index in [9.17, 15) is 19.2 Å². The zero-order chi connectivity index (χ0) is 23.0. The molecule has 0 atom stereocenters. The van der Waals surface area contributed by atoms with Crippen molar-refractivity contribution in [1.82, 2.24) is 5.32 Å². The molecule has 0 unspecified atom stereocenters. The lowest BCUT2D eigenvalue weighted by Crippen LogP contribution is -2.54. The van der Waals surface area contributed by atoms with Crippen molar-refractivity contribution in [1.29, 1.82) is 0 Å². The second-order valence-corrected chi connectivity index (χ2v) is 7.58. The molecule has 0 bridgehead atoms. The van der Waals surface area contributed by atoms with E-state index in [1.807, 2.05) is 0 Å². The second-order valence-electron chi connectivity index (χ2n) is 7.18. The molecule has 1 saturated heterocycles. The number of nitrogens with zero attached hydrogens (tertiary/aromatic N) is 1. The molecule has 0 spiro atoms. The Hall–Kier alpha value is -3.97. The van der Waals surface area contributed by atoms with Gasteiger partial charge >= 0.3 is 6.03 Å². The molecule has 2 aromatic carbocycles. The molecule has 8 heteroatoms. The number of carbonyl (C=O) groups is 4. The van der Waals surface area contributed by atoms with Crippen molar-refractivity contribution in [3.05, 3.63) is 82.1 Å². The number of hydrogen-bond acceptors (Lipinski definition) is 5. The van der Waals surface area contributed by atoms with E-state index in [0.717, 1.165) is 10.5 Å². The summed E-state index contributed by atoms with van der Waals surface area (Å²) in [6, 6.07) is 14.1. The number of imide groups is 2. The molecule has 0 saturated carbocycles. The molecular weight excluding hydrogens is 432 g/mol. The van der Waals surface area contributed by atoms with Gasteiger partial charge in [-0.2, -0.15) is 0 Å². The summed E-state index contributed by atoms with van der Waals surface area (Å²) < 4.78 is 5.76. The molecule has 0 radical (unpaired) electrons. The predicted octanol–water partition coefficient (Wildman–Crippen LogP) is 4.78. The highest BCUT2D eigenvalue weighted by atomic mass is 35.5. The van der Waals surface area contributed by atoms with Crippen LogP contribution in [0.4, 0.5) is 10.5 Å². The first-order valence-corrected chi connectivity index (χ1v) is 10.0. The maximum absolute atomic E-state index is 13.1. The Balaban J connectivity index is 1.67. The number of rotatable bonds is 4. The first kappa shape index (κ1) is 21.3. The summed E-state index contributed by atoms with van der Waals surface area (Å²) in [5.74, 6) is -0.898. The van der Waals surface area contributed by atoms with Crippen molar-refractivity contribution in [2.24, 2.45) is 0 Å². The van der Waals surface area contributed by atoms with Crippen molar-refractivity contribution in [2.45, 2.75) is 13.8 Å². The lowest BCUT2D eigenvalue weighted by atomic mass is 10.1. The topological polar surface area (TPSA) is 96.7 Å². The normalized spacial score (nSPS) is 15.3. The van der Waals surface area contributed by atoms with Crippen molar-refractivity contribution in [2.75, 3.05) is 4.90 Å². The number of ketones is 1. The van der Waals surface area contributed by atoms with E-state index in [1.165, 1.54) is 13.0 Å². The molecular formula is C24H17ClN2O5. The van der Waals surface area contributed by atoms with Crippen LogP contribution in [0.5, 0.6) is 0 Å². The van der Waals surface area contributed by atoms with Crippen molar-refractivity contribution in [3.63, 3.8) is 0 Å². The van der Waals surface area contributed by atoms with E-state index in [1.54, 1.807) is 61.5 Å². The fraction of sp³-hybridized carbons (Fsp3) is 0.0833. The van der Waals surface area contributed by atoms with E-state index in [2.05, 4.69) is 5.32 Å². The Morgan fingerprint density at radius 2 is 1.75 bits per heavy atom. The third kappa shape index (κ3) is 3.86. The third-order valence-electron chi connectivity index (χ3n) is 5.07. The Morgan fingerprint density at radius 1 is 1.03 bits per heavy atom. The number of barbiturate groups is 1. The number of Topliss-reactive ketones (excluding diaryl/α,β-unsaturated/α-hetero) is 1. The molecule has 32 heavy (non-hydrogen) atoms. The van der Waals surface area contributed by atoms with Gasteiger partial charge in [0.15, 0.2) is 5.78 Å². The summed E-state index contributed by atoms with van der Waals surface area (Å²) in [4.78, 5) is 50.1. The van der Waals surface area contributed by atoms with Gasteiger partial charge in [-0.25, -0.2) is 9.69 Å². The van der Waals surface area contributed by atoms with Crippen molar-refractivity contribution >= 4 is 47.0 Å². The van der Waals surface area contributed by atoms with E-state index < -0.39 is 17.8 Å². The quantitative estimate of drug-likeness (QED) is 0.352. The van der Waals surface area contributed by atoms with E-state index >= 15 is 0 Å². The Bertz CT molecular complexity index is 1300. The lowest BCUT2D eigenvalue weighted by molar-refractivity contribution is -0.122. The number of anilines is 1. The number of urea groups is 1. The monoisotopic (exact) mass is 448 g/mol. The minimum atomic E-state index is -0.854. The van der Waals surface area contributed by atoms with Crippen LogP contribution in [0.15, 0.2) is 64.6 Å². The number of benzene rings is 2. The molecule has 160 valence electrons. The van der Waals surface area contributed by atoms with Gasteiger partial charge in [-0.1, -0.05) is 41.9 Å². The minimum absolute atomic E-state index is 0.0442. The highest BCUT2D eigenvalue weighted by Crippen LogP contribution is 2.30. The summed E-state index contributed by atoms with van der Waals surface area (Å²) in [5, 5.41) is 2.56. The van der Waals surface area contributed by atoms with Crippen molar-refractivity contribution in [3.8, 4) is 11.3 Å². The molecule has 4 amide bonds. The fourth-order valence-corrected chi connectivity index (χ4v) is 3.48. The summed E-state index contributed by atoms with van der Waals surface area (Å²) >= 11 is 6.13. The SMILES string of the molecule is CC(=O)c1ccc(-c2ccc(/C=C3\C(=O)NC(=O)N(c4cccc(Cl)c4C)C3=O)o2)cc1. The summed E-state index contributed by atoms with van der Waals surface area (Å²) in [6.07, 6.45) is 1.28. The minimum Gasteiger partial charge on any atom is -0.457 e. The van der Waals surface area contributed by atoms with E-state index in [4.69, 9.17) is 16.0 Å². The fourth-order valence-electron chi connectivity index (χ4n) is 3.31. The molecule has 1 aliphatic rings. The maximum Gasteiger partial charge on any atom is 0.335 e. The number of hydrogen-bond donors (Lipinski definition) is 1. The Labute approximate surface area is 188 Å². The zero-order valence-corrected chi connectivity index (χ0v) is 17.9. The van der Waals surface area contributed by atoms with Gasteiger partial charge in [0.2, 0.25) is 0 Å². The molecule has 2 heterocycles. The van der Waals surface area contributed by atoms with Crippen LogP contribution in [0.3, 0.4) is 0 Å². The summed E-state index contributed by atoms with van der Waals surface area (Å²) in [5.41, 5.74) is 1.86. The van der Waals surface area contributed by atoms with Gasteiger partial charge < -0.3 is 4.42 Å². The summed E-state index contributed by atoms with van der Waals surface area (Å²) in [6.45, 7) is 3.16. The molecule has 1 aliphatic heterocycles. The molecule has 3 aromatic rings. The van der Waals surface area contributed by atoms with Gasteiger partial charge in [0, 0.05) is 16.1 Å². The molecule has 1 N–H and O–H groups in total. The van der Waals surface area contributed by atoms with Crippen LogP contribution < -0.4 is 10.2 Å². The highest BCUT2D eigenvalue weighted by molar-refractivity contribution is 6.39. The van der Waals surface area contributed by atoms with Crippen LogP contribution >= 0.6 is 11.6 Å². The van der Waals surface area contributed by atoms with Crippen LogP contribution in [0.1, 0.15) is 28.6 Å². The number of carbonyl (C=O) groups excluding carboxylic acids is 4. The smallest absolute Gasteiger partial charge is 0.335 e. The predicted molar refractivity (Wildman–Crippen MR) is 119 cm³/mol. The van der Waals surface area contributed by atoms with E-state index in [0.29, 0.717) is 21.9 Å². The number of halogens is 1. The van der Waals surface area contributed by atoms with Gasteiger partial charge in [-0.05, 0) is 49.8 Å². The summed E-state index contributed by atoms with van der Waals surface area (Å²) in [7, 11) is 0. The Morgan fingerprint density at radius 3 is 2.44 bits per heavy atom. The van der Waals surface area contributed by atoms with Gasteiger partial charge in [0.25, 0.3) is 11.8 Å². The first-order chi connectivity index (χ1) is 15.3. The van der Waals surface area contributed by atoms with Crippen LogP contribution in [0.25, 0.3) is 17.4 Å². The van der Waals surface area contributed by atoms with Crippen LogP contribution in [-0.2, 0) is 9.59 Å². The second kappa shape index (κ2) is 8.28. The highest BCUT2D eigenvalue weighted by Gasteiger charge is 2.37. The first-order valence-electron chi connectivity index (χ1n) is 9.64. The number of amides is 4. The third-order valence-corrected chi connectivity index (χ3v) is 5.48. The maximum atomic E-state index is 13.1. The van der Waals surface area contributed by atoms with Crippen molar-refractivity contribution < 1.29 is 23.6 Å². The standard InChI is InChI=1S/C24H17ClN2O5/c1-13-19(25)4-3-5-20(13)27-23(30)18(22(29)26-24(27)31)12-17-10-11-21(32-17)16-8-6-15(7-9-16)14(2)28/h3-12H,1-2H3,(H,26,29,31)/b18-12+. The van der Waals surface area contributed by atoms with Crippen LogP contribution in [-0.4, -0.2) is 23.6 Å². The van der Waals surface area contributed by atoms with Gasteiger partial charge in [0.1, 0.15) is 17.1 Å². The molecule has 7 nitrogen and oxygen atoms in total. The largest absolute Gasteiger partial charge is 0.457 e. The van der Waals surface area contributed by atoms with Crippen LogP contribution in [0.2, 0.25) is 5.02 Å². The van der Waals surface area contributed by atoms with Crippen LogP contribution in [0, 0.1) is 6.92 Å². The number of furan rings is 1. The molecule has 1 aromatic heterocycles. The zero-order valence-electron chi connectivity index (χ0n) is 17.1.